The lowest BCUT2D eigenvalue weighted by molar-refractivity contribution is 0.101. The third-order valence-corrected chi connectivity index (χ3v) is 4.06. The van der Waals surface area contributed by atoms with Gasteiger partial charge in [0.2, 0.25) is 0 Å². The lowest BCUT2D eigenvalue weighted by Crippen LogP contribution is -2.12. The molecule has 3 rings (SSSR count). The highest BCUT2D eigenvalue weighted by atomic mass is 16.5. The fourth-order valence-electron chi connectivity index (χ4n) is 2.62. The van der Waals surface area contributed by atoms with E-state index in [4.69, 9.17) is 23.5 Å². The molecule has 8 heteroatoms. The van der Waals surface area contributed by atoms with Gasteiger partial charge in [-0.2, -0.15) is 0 Å². The van der Waals surface area contributed by atoms with Crippen molar-refractivity contribution in [1.82, 2.24) is 5.16 Å². The van der Waals surface area contributed by atoms with E-state index in [-0.39, 0.29) is 5.69 Å². The number of nitrogens with one attached hydrogen (secondary N) is 1. The number of carbonyl (C=O) groups is 1. The van der Waals surface area contributed by atoms with Crippen LogP contribution in [-0.2, 0) is 0 Å². The summed E-state index contributed by atoms with van der Waals surface area (Å²) in [6, 6.07) is 11.9. The highest BCUT2D eigenvalue weighted by Gasteiger charge is 2.18. The maximum Gasteiger partial charge on any atom is 0.277 e. The number of anilines is 1. The van der Waals surface area contributed by atoms with Crippen LogP contribution in [0.15, 0.2) is 47.0 Å². The van der Waals surface area contributed by atoms with E-state index in [1.807, 2.05) is 0 Å². The van der Waals surface area contributed by atoms with Crippen LogP contribution in [0, 0.1) is 0 Å². The molecule has 0 saturated heterocycles. The molecule has 28 heavy (non-hydrogen) atoms. The van der Waals surface area contributed by atoms with E-state index >= 15 is 0 Å². The van der Waals surface area contributed by atoms with E-state index in [9.17, 15) is 4.79 Å². The van der Waals surface area contributed by atoms with Gasteiger partial charge < -0.3 is 28.8 Å². The Balaban J connectivity index is 1.83. The predicted octanol–water partition coefficient (Wildman–Crippen LogP) is 3.63. The normalized spacial score (nSPS) is 10.3. The zero-order valence-electron chi connectivity index (χ0n) is 15.9. The quantitative estimate of drug-likeness (QED) is 0.665. The Bertz CT molecular complexity index is 983. The Morgan fingerprint density at radius 1 is 0.857 bits per heavy atom. The molecule has 146 valence electrons. The molecule has 0 radical (unpaired) electrons. The number of hydrogen-bond donors (Lipinski definition) is 1. The SMILES string of the molecule is COc1ccc(OC)c(-c2cc(C(=O)Nc3ccc(OC)c(OC)c3)no2)c1. The highest BCUT2D eigenvalue weighted by Crippen LogP contribution is 2.34. The van der Waals surface area contributed by atoms with Crippen LogP contribution in [0.5, 0.6) is 23.0 Å². The van der Waals surface area contributed by atoms with Gasteiger partial charge in [0.15, 0.2) is 23.0 Å². The average molecular weight is 384 g/mol. The minimum absolute atomic E-state index is 0.120. The van der Waals surface area contributed by atoms with Crippen LogP contribution >= 0.6 is 0 Å². The lowest BCUT2D eigenvalue weighted by atomic mass is 10.1. The number of methoxy groups -OCH3 is 4. The van der Waals surface area contributed by atoms with Crippen molar-refractivity contribution in [1.29, 1.82) is 0 Å². The molecule has 0 atom stereocenters. The van der Waals surface area contributed by atoms with Crippen LogP contribution in [-0.4, -0.2) is 39.5 Å². The van der Waals surface area contributed by atoms with Gasteiger partial charge in [-0.05, 0) is 30.3 Å². The zero-order chi connectivity index (χ0) is 20.1. The number of aromatic nitrogens is 1. The van der Waals surface area contributed by atoms with Crippen molar-refractivity contribution in [2.24, 2.45) is 0 Å². The molecule has 1 amide bonds. The molecule has 0 saturated carbocycles. The number of nitrogens with zero attached hydrogens (tertiary/aromatic N) is 1. The molecule has 0 aliphatic carbocycles. The van der Waals surface area contributed by atoms with E-state index in [1.54, 1.807) is 57.7 Å². The third-order valence-electron chi connectivity index (χ3n) is 4.06. The molecule has 1 N–H and O–H groups in total. The van der Waals surface area contributed by atoms with E-state index < -0.39 is 5.91 Å². The molecule has 0 unspecified atom stereocenters. The largest absolute Gasteiger partial charge is 0.497 e. The predicted molar refractivity (Wildman–Crippen MR) is 103 cm³/mol. The Morgan fingerprint density at radius 2 is 1.57 bits per heavy atom. The van der Waals surface area contributed by atoms with E-state index in [1.165, 1.54) is 13.2 Å². The van der Waals surface area contributed by atoms with Crippen LogP contribution in [0.2, 0.25) is 0 Å². The molecule has 0 fully saturated rings. The van der Waals surface area contributed by atoms with Gasteiger partial charge in [-0.1, -0.05) is 5.16 Å². The topological polar surface area (TPSA) is 92.1 Å². The molecule has 2 aromatic carbocycles. The second-order valence-corrected chi connectivity index (χ2v) is 5.67. The molecule has 1 heterocycles. The molecular formula is C20H20N2O6. The van der Waals surface area contributed by atoms with Gasteiger partial charge in [0.05, 0.1) is 34.0 Å². The lowest BCUT2D eigenvalue weighted by Gasteiger charge is -2.09. The molecule has 0 spiro atoms. The van der Waals surface area contributed by atoms with Crippen molar-refractivity contribution >= 4 is 11.6 Å². The van der Waals surface area contributed by atoms with Gasteiger partial charge >= 0.3 is 0 Å². The van der Waals surface area contributed by atoms with E-state index in [2.05, 4.69) is 10.5 Å². The van der Waals surface area contributed by atoms with Crippen molar-refractivity contribution in [2.75, 3.05) is 33.8 Å². The van der Waals surface area contributed by atoms with Crippen molar-refractivity contribution in [2.45, 2.75) is 0 Å². The summed E-state index contributed by atoms with van der Waals surface area (Å²) in [6.45, 7) is 0. The first-order valence-electron chi connectivity index (χ1n) is 8.32. The number of carbonyl (C=O) groups excluding carboxylic acids is 1. The van der Waals surface area contributed by atoms with Crippen LogP contribution < -0.4 is 24.3 Å². The van der Waals surface area contributed by atoms with Crippen LogP contribution in [0.4, 0.5) is 5.69 Å². The molecule has 3 aromatic rings. The molecule has 0 bridgehead atoms. The molecule has 1 aromatic heterocycles. The summed E-state index contributed by atoms with van der Waals surface area (Å²) in [5.74, 6) is 2.22. The first-order valence-corrected chi connectivity index (χ1v) is 8.32. The second-order valence-electron chi connectivity index (χ2n) is 5.67. The first kappa shape index (κ1) is 19.1. The summed E-state index contributed by atoms with van der Waals surface area (Å²) in [7, 11) is 6.18. The number of amides is 1. The van der Waals surface area contributed by atoms with E-state index in [0.29, 0.717) is 40.0 Å². The Morgan fingerprint density at radius 3 is 2.25 bits per heavy atom. The fraction of sp³-hybridized carbons (Fsp3) is 0.200. The molecular weight excluding hydrogens is 364 g/mol. The van der Waals surface area contributed by atoms with Crippen molar-refractivity contribution in [3.63, 3.8) is 0 Å². The van der Waals surface area contributed by atoms with Gasteiger partial charge in [-0.15, -0.1) is 0 Å². The maximum absolute atomic E-state index is 12.5. The summed E-state index contributed by atoms with van der Waals surface area (Å²) >= 11 is 0. The first-order chi connectivity index (χ1) is 13.6. The third kappa shape index (κ3) is 3.85. The number of rotatable bonds is 7. The van der Waals surface area contributed by atoms with Gasteiger partial charge in [0.25, 0.3) is 5.91 Å². The Labute approximate surface area is 162 Å². The maximum atomic E-state index is 12.5. The smallest absolute Gasteiger partial charge is 0.277 e. The second kappa shape index (κ2) is 8.34. The van der Waals surface area contributed by atoms with E-state index in [0.717, 1.165) is 0 Å². The number of benzene rings is 2. The number of hydrogen-bond acceptors (Lipinski definition) is 7. The zero-order valence-corrected chi connectivity index (χ0v) is 15.9. The summed E-state index contributed by atoms with van der Waals surface area (Å²) in [5.41, 5.74) is 1.28. The van der Waals surface area contributed by atoms with Crippen molar-refractivity contribution in [3.05, 3.63) is 48.2 Å². The Hall–Kier alpha value is -3.68. The summed E-state index contributed by atoms with van der Waals surface area (Å²) < 4.78 is 26.3. The molecule has 0 aliphatic rings. The van der Waals surface area contributed by atoms with Gasteiger partial charge in [0.1, 0.15) is 11.5 Å². The standard InChI is InChI=1S/C20H20N2O6/c1-24-13-6-8-16(25-2)14(10-13)18-11-15(22-28-18)20(23)21-12-5-7-17(26-3)19(9-12)27-4/h5-11H,1-4H3,(H,21,23). The monoisotopic (exact) mass is 384 g/mol. The van der Waals surface area contributed by atoms with Crippen LogP contribution in [0.3, 0.4) is 0 Å². The average Bonchev–Trinajstić information content (AvgIpc) is 3.23. The molecule has 8 nitrogen and oxygen atoms in total. The van der Waals surface area contributed by atoms with Gasteiger partial charge in [-0.25, -0.2) is 0 Å². The fourth-order valence-corrected chi connectivity index (χ4v) is 2.62. The summed E-state index contributed by atoms with van der Waals surface area (Å²) in [5, 5.41) is 6.60. The minimum atomic E-state index is -0.427. The summed E-state index contributed by atoms with van der Waals surface area (Å²) in [6.07, 6.45) is 0. The van der Waals surface area contributed by atoms with Crippen LogP contribution in [0.1, 0.15) is 10.5 Å². The minimum Gasteiger partial charge on any atom is -0.497 e. The van der Waals surface area contributed by atoms with Crippen LogP contribution in [0.25, 0.3) is 11.3 Å². The number of ether oxygens (including phenoxy) is 4. The molecule has 0 aliphatic heterocycles. The Kier molecular flexibility index (Phi) is 5.69. The van der Waals surface area contributed by atoms with Gasteiger partial charge in [0, 0.05) is 17.8 Å². The van der Waals surface area contributed by atoms with Crippen molar-refractivity contribution in [3.8, 4) is 34.3 Å². The summed E-state index contributed by atoms with van der Waals surface area (Å²) in [4.78, 5) is 12.5. The highest BCUT2D eigenvalue weighted by molar-refractivity contribution is 6.03. The van der Waals surface area contributed by atoms with Crippen molar-refractivity contribution < 1.29 is 28.3 Å². The van der Waals surface area contributed by atoms with Gasteiger partial charge in [-0.3, -0.25) is 4.79 Å².